The van der Waals surface area contributed by atoms with Crippen molar-refractivity contribution >= 4 is 23.1 Å². The monoisotopic (exact) mass is 295 g/mol. The van der Waals surface area contributed by atoms with Crippen LogP contribution in [0.15, 0.2) is 0 Å². The molecule has 4 nitrogen and oxygen atoms in total. The first kappa shape index (κ1) is 15.2. The van der Waals surface area contributed by atoms with Gasteiger partial charge in [-0.15, -0.1) is 11.3 Å². The summed E-state index contributed by atoms with van der Waals surface area (Å²) in [7, 11) is 0. The molecule has 1 aliphatic carbocycles. The minimum atomic E-state index is -0.481. The van der Waals surface area contributed by atoms with Crippen LogP contribution in [0.4, 0.5) is 0 Å². The highest BCUT2D eigenvalue weighted by Gasteiger charge is 2.30. The standard InChI is InChI=1S/C15H21NO3S/c1-4-10-6-7-11(8-10)14-16-12(15(18)19-5-2)13(20-14)9(3)17/h10-11H,4-8H2,1-3H3. The van der Waals surface area contributed by atoms with Crippen molar-refractivity contribution in [2.45, 2.75) is 52.4 Å². The fraction of sp³-hybridized carbons (Fsp3) is 0.667. The predicted octanol–water partition coefficient (Wildman–Crippen LogP) is 3.82. The van der Waals surface area contributed by atoms with Crippen LogP contribution in [0.2, 0.25) is 0 Å². The van der Waals surface area contributed by atoms with E-state index in [1.165, 1.54) is 31.1 Å². The lowest BCUT2D eigenvalue weighted by atomic mass is 10.0. The van der Waals surface area contributed by atoms with Gasteiger partial charge in [0, 0.05) is 12.8 Å². The number of Topliss-reactive ketones (excluding diaryl/α,β-unsaturated/α-hetero) is 1. The molecule has 1 aromatic rings. The van der Waals surface area contributed by atoms with E-state index in [1.807, 2.05) is 0 Å². The Bertz CT molecular complexity index is 509. The number of ether oxygens (including phenoxy) is 1. The Morgan fingerprint density at radius 1 is 1.35 bits per heavy atom. The normalized spacial score (nSPS) is 21.9. The van der Waals surface area contributed by atoms with E-state index in [-0.39, 0.29) is 11.5 Å². The third-order valence-electron chi connectivity index (χ3n) is 3.90. The first-order valence-electron chi connectivity index (χ1n) is 7.25. The molecule has 1 fully saturated rings. The molecule has 0 radical (unpaired) electrons. The summed E-state index contributed by atoms with van der Waals surface area (Å²) in [5, 5.41) is 0.925. The highest BCUT2D eigenvalue weighted by atomic mass is 32.1. The predicted molar refractivity (Wildman–Crippen MR) is 78.4 cm³/mol. The van der Waals surface area contributed by atoms with Crippen LogP contribution in [-0.4, -0.2) is 23.3 Å². The van der Waals surface area contributed by atoms with Gasteiger partial charge in [0.05, 0.1) is 11.6 Å². The third kappa shape index (κ3) is 3.08. The van der Waals surface area contributed by atoms with Crippen LogP contribution >= 0.6 is 11.3 Å². The number of hydrogen-bond donors (Lipinski definition) is 0. The summed E-state index contributed by atoms with van der Waals surface area (Å²) in [6, 6.07) is 0. The van der Waals surface area contributed by atoms with Crippen molar-refractivity contribution in [1.82, 2.24) is 4.98 Å². The van der Waals surface area contributed by atoms with Gasteiger partial charge in [0.25, 0.3) is 0 Å². The van der Waals surface area contributed by atoms with Crippen LogP contribution in [-0.2, 0) is 4.74 Å². The van der Waals surface area contributed by atoms with E-state index in [2.05, 4.69) is 11.9 Å². The first-order valence-corrected chi connectivity index (χ1v) is 8.07. The molecule has 0 aromatic carbocycles. The molecular weight excluding hydrogens is 274 g/mol. The molecule has 1 aromatic heterocycles. The van der Waals surface area contributed by atoms with Crippen LogP contribution in [0, 0.1) is 5.92 Å². The van der Waals surface area contributed by atoms with Gasteiger partial charge in [-0.2, -0.15) is 0 Å². The SMILES string of the molecule is CCOC(=O)c1nc(C2CCC(CC)C2)sc1C(C)=O. The van der Waals surface area contributed by atoms with Crippen molar-refractivity contribution in [3.8, 4) is 0 Å². The van der Waals surface area contributed by atoms with Gasteiger partial charge in [0.15, 0.2) is 11.5 Å². The molecule has 1 heterocycles. The minimum Gasteiger partial charge on any atom is -0.461 e. The Hall–Kier alpha value is -1.23. The van der Waals surface area contributed by atoms with Crippen molar-refractivity contribution in [2.24, 2.45) is 5.92 Å². The topological polar surface area (TPSA) is 56.3 Å². The number of carbonyl (C=O) groups is 2. The fourth-order valence-electron chi connectivity index (χ4n) is 2.76. The Balaban J connectivity index is 2.25. The molecule has 0 bridgehead atoms. The van der Waals surface area contributed by atoms with Gasteiger partial charge >= 0.3 is 5.97 Å². The van der Waals surface area contributed by atoms with Gasteiger partial charge in [0.2, 0.25) is 0 Å². The van der Waals surface area contributed by atoms with Crippen molar-refractivity contribution in [1.29, 1.82) is 0 Å². The summed E-state index contributed by atoms with van der Waals surface area (Å²) < 4.78 is 4.99. The summed E-state index contributed by atoms with van der Waals surface area (Å²) in [5.41, 5.74) is 0.208. The lowest BCUT2D eigenvalue weighted by Gasteiger charge is -2.06. The Morgan fingerprint density at radius 2 is 2.10 bits per heavy atom. The van der Waals surface area contributed by atoms with Gasteiger partial charge in [-0.1, -0.05) is 13.3 Å². The molecule has 5 heteroatoms. The Labute approximate surface area is 123 Å². The first-order chi connectivity index (χ1) is 9.56. The van der Waals surface area contributed by atoms with E-state index in [9.17, 15) is 9.59 Å². The van der Waals surface area contributed by atoms with E-state index in [1.54, 1.807) is 6.92 Å². The van der Waals surface area contributed by atoms with Gasteiger partial charge in [-0.3, -0.25) is 4.79 Å². The minimum absolute atomic E-state index is 0.109. The average molecular weight is 295 g/mol. The molecule has 1 aliphatic rings. The number of carbonyl (C=O) groups excluding carboxylic acids is 2. The number of hydrogen-bond acceptors (Lipinski definition) is 5. The highest BCUT2D eigenvalue weighted by Crippen LogP contribution is 2.41. The molecule has 2 atom stereocenters. The second-order valence-electron chi connectivity index (χ2n) is 5.29. The molecule has 20 heavy (non-hydrogen) atoms. The molecule has 2 unspecified atom stereocenters. The summed E-state index contributed by atoms with van der Waals surface area (Å²) in [6.07, 6.45) is 4.62. The molecule has 0 aliphatic heterocycles. The second kappa shape index (κ2) is 6.48. The van der Waals surface area contributed by atoms with Gasteiger partial charge in [-0.05, 0) is 32.1 Å². The summed E-state index contributed by atoms with van der Waals surface area (Å²) in [6.45, 7) is 5.73. The zero-order chi connectivity index (χ0) is 14.7. The zero-order valence-electron chi connectivity index (χ0n) is 12.3. The number of rotatable bonds is 5. The molecule has 0 amide bonds. The zero-order valence-corrected chi connectivity index (χ0v) is 13.1. The molecule has 0 spiro atoms. The van der Waals surface area contributed by atoms with Crippen molar-refractivity contribution in [3.05, 3.63) is 15.6 Å². The van der Waals surface area contributed by atoms with Crippen molar-refractivity contribution < 1.29 is 14.3 Å². The molecule has 0 N–H and O–H groups in total. The van der Waals surface area contributed by atoms with E-state index < -0.39 is 5.97 Å². The van der Waals surface area contributed by atoms with E-state index in [4.69, 9.17) is 4.74 Å². The maximum atomic E-state index is 11.9. The van der Waals surface area contributed by atoms with Gasteiger partial charge in [-0.25, -0.2) is 9.78 Å². The Morgan fingerprint density at radius 3 is 2.65 bits per heavy atom. The second-order valence-corrected chi connectivity index (χ2v) is 6.32. The van der Waals surface area contributed by atoms with Crippen LogP contribution in [0.1, 0.15) is 77.5 Å². The van der Waals surface area contributed by atoms with Crippen LogP contribution in [0.5, 0.6) is 0 Å². The number of aromatic nitrogens is 1. The Kier molecular flexibility index (Phi) is 4.91. The summed E-state index contributed by atoms with van der Waals surface area (Å²) >= 11 is 1.37. The summed E-state index contributed by atoms with van der Waals surface area (Å²) in [5.74, 6) is 0.550. The maximum Gasteiger partial charge on any atom is 0.358 e. The largest absolute Gasteiger partial charge is 0.461 e. The number of esters is 1. The lowest BCUT2D eigenvalue weighted by Crippen LogP contribution is -2.09. The molecule has 1 saturated carbocycles. The quantitative estimate of drug-likeness (QED) is 0.612. The van der Waals surface area contributed by atoms with Crippen molar-refractivity contribution in [3.63, 3.8) is 0 Å². The van der Waals surface area contributed by atoms with Crippen LogP contribution in [0.3, 0.4) is 0 Å². The van der Waals surface area contributed by atoms with E-state index in [0.717, 1.165) is 23.8 Å². The average Bonchev–Trinajstić information content (AvgIpc) is 3.05. The van der Waals surface area contributed by atoms with E-state index >= 15 is 0 Å². The molecule has 110 valence electrons. The number of ketones is 1. The van der Waals surface area contributed by atoms with Crippen molar-refractivity contribution in [2.75, 3.05) is 6.61 Å². The van der Waals surface area contributed by atoms with Crippen LogP contribution in [0.25, 0.3) is 0 Å². The lowest BCUT2D eigenvalue weighted by molar-refractivity contribution is 0.0517. The molecule has 2 rings (SSSR count). The maximum absolute atomic E-state index is 11.9. The number of nitrogens with zero attached hydrogens (tertiary/aromatic N) is 1. The van der Waals surface area contributed by atoms with Gasteiger partial charge in [0.1, 0.15) is 4.88 Å². The van der Waals surface area contributed by atoms with E-state index in [0.29, 0.717) is 17.4 Å². The third-order valence-corrected chi connectivity index (χ3v) is 5.22. The molecule has 0 saturated heterocycles. The van der Waals surface area contributed by atoms with Crippen LogP contribution < -0.4 is 0 Å². The molecular formula is C15H21NO3S. The number of thiazole rings is 1. The van der Waals surface area contributed by atoms with Gasteiger partial charge < -0.3 is 4.74 Å². The summed E-state index contributed by atoms with van der Waals surface area (Å²) in [4.78, 5) is 28.4. The highest BCUT2D eigenvalue weighted by molar-refractivity contribution is 7.14. The smallest absolute Gasteiger partial charge is 0.358 e. The fourth-order valence-corrected chi connectivity index (χ4v) is 3.85.